The standard InChI is InChI=1S/C73H125NO18/c1-3-5-7-9-11-13-15-17-19-21-22-23-24-25-26-27-28-29-30-31-32-33-35-36-38-40-42-44-46-48-50-57(78)56(74-61(79)51-49-47-45-43-41-39-37-34-20-18-16-14-12-10-8-6-4-2)55-87-71-67(85)64(82)69(59(53-76)89-71)92-73-68(86)65(83)70(60(54-77)90-73)91-72-66(84)63(81)62(80)58(52-75)88-72/h6,8,12,14,18,20,33,35,37,39-40,42-43,45,48,50,56-60,62-73,75-78,80-86H,3-5,7,9-11,13,15-17,19,21-32,34,36,38,41,44,46-47,49,51-55H2,1-2H3,(H,74,79)/b8-6-,14-12-,20-18-,35-33+,39-37-,42-40+,45-43-,50-48+. The van der Waals surface area contributed by atoms with Crippen molar-refractivity contribution < 1.29 is 89.4 Å². The van der Waals surface area contributed by atoms with Crippen LogP contribution in [0.15, 0.2) is 97.2 Å². The van der Waals surface area contributed by atoms with E-state index in [9.17, 15) is 61.0 Å². The zero-order chi connectivity index (χ0) is 66.8. The summed E-state index contributed by atoms with van der Waals surface area (Å²) in [6, 6.07) is -1.03. The first kappa shape index (κ1) is 82.9. The minimum atomic E-state index is -1.99. The summed E-state index contributed by atoms with van der Waals surface area (Å²) in [4.78, 5) is 13.4. The van der Waals surface area contributed by atoms with Crippen LogP contribution in [0.5, 0.6) is 0 Å². The van der Waals surface area contributed by atoms with Gasteiger partial charge in [0.25, 0.3) is 0 Å². The second-order valence-corrected chi connectivity index (χ2v) is 24.9. The number of amides is 1. The number of aliphatic hydroxyl groups is 11. The SMILES string of the molecule is CC/C=C\C/C=C\C/C=C\C/C=C\C/C=C\CCCC(=O)NC(COC1OC(CO)C(OC2OC(CO)C(OC3OC(CO)C(O)C(O)C3O)C(O)C2O)C(O)C1O)C(O)/C=C/CC/C=C/CC/C=C/CCCCCCCCCCCCCCCCCCCCCC. The molecule has 3 rings (SSSR count). The molecule has 3 heterocycles. The van der Waals surface area contributed by atoms with Crippen LogP contribution >= 0.6 is 0 Å². The highest BCUT2D eigenvalue weighted by atomic mass is 16.8. The molecule has 3 aliphatic rings. The molecule has 0 radical (unpaired) electrons. The van der Waals surface area contributed by atoms with Crippen LogP contribution in [0, 0.1) is 0 Å². The lowest BCUT2D eigenvalue weighted by molar-refractivity contribution is -0.379. The molecule has 530 valence electrons. The largest absolute Gasteiger partial charge is 0.394 e. The smallest absolute Gasteiger partial charge is 0.220 e. The van der Waals surface area contributed by atoms with Crippen molar-refractivity contribution in [2.24, 2.45) is 0 Å². The van der Waals surface area contributed by atoms with E-state index in [2.05, 4.69) is 92.1 Å². The van der Waals surface area contributed by atoms with E-state index < -0.39 is 131 Å². The maximum atomic E-state index is 13.4. The molecule has 17 unspecified atom stereocenters. The number of carbonyl (C=O) groups is 1. The second kappa shape index (κ2) is 53.8. The zero-order valence-corrected chi connectivity index (χ0v) is 56.0. The Labute approximate surface area is 552 Å². The molecule has 3 fully saturated rings. The number of aliphatic hydroxyl groups excluding tert-OH is 11. The normalized spacial score (nSPS) is 28.3. The quantitative estimate of drug-likeness (QED) is 0.0199. The number of allylic oxidation sites excluding steroid dienone is 15. The topological polar surface area (TPSA) is 307 Å². The zero-order valence-electron chi connectivity index (χ0n) is 56.0. The average molecular weight is 1300 g/mol. The summed E-state index contributed by atoms with van der Waals surface area (Å²) >= 11 is 0. The molecule has 0 saturated carbocycles. The summed E-state index contributed by atoms with van der Waals surface area (Å²) in [5, 5.41) is 120. The van der Waals surface area contributed by atoms with Gasteiger partial charge < -0.3 is 89.9 Å². The number of hydrogen-bond donors (Lipinski definition) is 12. The molecule has 0 aromatic rings. The summed E-state index contributed by atoms with van der Waals surface area (Å²) in [5.41, 5.74) is 0. The fourth-order valence-electron chi connectivity index (χ4n) is 11.4. The monoisotopic (exact) mass is 1300 g/mol. The van der Waals surface area contributed by atoms with Gasteiger partial charge in [-0.3, -0.25) is 4.79 Å². The molecular weight excluding hydrogens is 1180 g/mol. The minimum Gasteiger partial charge on any atom is -0.394 e. The summed E-state index contributed by atoms with van der Waals surface area (Å²) < 4.78 is 34.3. The lowest BCUT2D eigenvalue weighted by Crippen LogP contribution is -2.66. The molecule has 1 amide bonds. The van der Waals surface area contributed by atoms with Crippen molar-refractivity contribution in [2.75, 3.05) is 26.4 Å². The molecule has 0 aromatic carbocycles. The van der Waals surface area contributed by atoms with Crippen molar-refractivity contribution in [3.8, 4) is 0 Å². The molecule has 19 heteroatoms. The van der Waals surface area contributed by atoms with Gasteiger partial charge in [-0.1, -0.05) is 233 Å². The average Bonchev–Trinajstić information content (AvgIpc) is 0.838. The van der Waals surface area contributed by atoms with E-state index in [0.717, 1.165) is 57.8 Å². The molecule has 0 aromatic heterocycles. The van der Waals surface area contributed by atoms with Crippen molar-refractivity contribution in [1.82, 2.24) is 5.32 Å². The molecule has 19 nitrogen and oxygen atoms in total. The maximum absolute atomic E-state index is 13.4. The van der Waals surface area contributed by atoms with Crippen LogP contribution in [0.3, 0.4) is 0 Å². The molecule has 3 aliphatic heterocycles. The van der Waals surface area contributed by atoms with E-state index in [-0.39, 0.29) is 12.3 Å². The van der Waals surface area contributed by atoms with Crippen molar-refractivity contribution in [3.63, 3.8) is 0 Å². The van der Waals surface area contributed by atoms with Crippen molar-refractivity contribution in [3.05, 3.63) is 97.2 Å². The first-order chi connectivity index (χ1) is 44.8. The first-order valence-electron chi connectivity index (χ1n) is 35.5. The number of rotatable bonds is 53. The fourth-order valence-corrected chi connectivity index (χ4v) is 11.4. The Hall–Kier alpha value is -3.29. The van der Waals surface area contributed by atoms with Gasteiger partial charge in [-0.15, -0.1) is 0 Å². The van der Waals surface area contributed by atoms with E-state index in [4.69, 9.17) is 28.4 Å². The fraction of sp³-hybridized carbons (Fsp3) is 0.767. The van der Waals surface area contributed by atoms with Crippen LogP contribution in [0.4, 0.5) is 0 Å². The molecule has 0 spiro atoms. The van der Waals surface area contributed by atoms with E-state index in [1.54, 1.807) is 6.08 Å². The Morgan fingerprint density at radius 2 is 0.761 bits per heavy atom. The minimum absolute atomic E-state index is 0.148. The van der Waals surface area contributed by atoms with Crippen LogP contribution in [0.1, 0.15) is 226 Å². The number of unbranched alkanes of at least 4 members (excludes halogenated alkanes) is 23. The van der Waals surface area contributed by atoms with Crippen LogP contribution in [0.2, 0.25) is 0 Å². The Kier molecular flexibility index (Phi) is 48.5. The first-order valence-corrected chi connectivity index (χ1v) is 35.5. The van der Waals surface area contributed by atoms with Crippen molar-refractivity contribution >= 4 is 5.91 Å². The van der Waals surface area contributed by atoms with Gasteiger partial charge >= 0.3 is 0 Å². The van der Waals surface area contributed by atoms with Gasteiger partial charge in [0, 0.05) is 6.42 Å². The summed E-state index contributed by atoms with van der Waals surface area (Å²) in [6.45, 7) is 1.54. The molecule has 0 bridgehead atoms. The predicted molar refractivity (Wildman–Crippen MR) is 360 cm³/mol. The van der Waals surface area contributed by atoms with Crippen molar-refractivity contribution in [2.45, 2.75) is 330 Å². The van der Waals surface area contributed by atoms with E-state index in [1.807, 2.05) is 18.2 Å². The summed E-state index contributed by atoms with van der Waals surface area (Å²) in [7, 11) is 0. The highest BCUT2D eigenvalue weighted by Crippen LogP contribution is 2.33. The van der Waals surface area contributed by atoms with Gasteiger partial charge in [0.2, 0.25) is 5.91 Å². The van der Waals surface area contributed by atoms with E-state index in [1.165, 1.54) is 128 Å². The van der Waals surface area contributed by atoms with Crippen LogP contribution in [-0.2, 0) is 33.2 Å². The molecule has 17 atom stereocenters. The molecule has 12 N–H and O–H groups in total. The van der Waals surface area contributed by atoms with Gasteiger partial charge in [0.15, 0.2) is 18.9 Å². The maximum Gasteiger partial charge on any atom is 0.220 e. The third-order valence-corrected chi connectivity index (χ3v) is 17.1. The molecule has 3 saturated heterocycles. The van der Waals surface area contributed by atoms with E-state index in [0.29, 0.717) is 19.3 Å². The Bertz CT molecular complexity index is 2040. The third-order valence-electron chi connectivity index (χ3n) is 17.1. The number of hydrogen-bond acceptors (Lipinski definition) is 18. The van der Waals surface area contributed by atoms with Crippen molar-refractivity contribution in [1.29, 1.82) is 0 Å². The highest BCUT2D eigenvalue weighted by Gasteiger charge is 2.53. The van der Waals surface area contributed by atoms with Gasteiger partial charge in [0.1, 0.15) is 73.2 Å². The van der Waals surface area contributed by atoms with Gasteiger partial charge in [-0.2, -0.15) is 0 Å². The van der Waals surface area contributed by atoms with E-state index >= 15 is 0 Å². The van der Waals surface area contributed by atoms with Gasteiger partial charge in [-0.25, -0.2) is 0 Å². The van der Waals surface area contributed by atoms with Crippen LogP contribution < -0.4 is 5.32 Å². The third kappa shape index (κ3) is 35.1. The van der Waals surface area contributed by atoms with Gasteiger partial charge in [-0.05, 0) is 83.5 Å². The Balaban J connectivity index is 1.45. The Morgan fingerprint density at radius 3 is 1.22 bits per heavy atom. The molecule has 0 aliphatic carbocycles. The summed E-state index contributed by atoms with van der Waals surface area (Å²) in [6.07, 6.45) is 44.1. The van der Waals surface area contributed by atoms with Crippen LogP contribution in [-0.4, -0.2) is 193 Å². The molecule has 92 heavy (non-hydrogen) atoms. The predicted octanol–water partition coefficient (Wildman–Crippen LogP) is 9.66. The Morgan fingerprint density at radius 1 is 0.402 bits per heavy atom. The summed E-state index contributed by atoms with van der Waals surface area (Å²) in [5.74, 6) is -0.349. The number of carbonyl (C=O) groups excluding carboxylic acids is 1. The lowest BCUT2D eigenvalue weighted by Gasteiger charge is -2.48. The van der Waals surface area contributed by atoms with Gasteiger partial charge in [0.05, 0.1) is 38.6 Å². The number of nitrogens with one attached hydrogen (secondary N) is 1. The van der Waals surface area contributed by atoms with Crippen LogP contribution in [0.25, 0.3) is 0 Å². The highest BCUT2D eigenvalue weighted by molar-refractivity contribution is 5.76. The number of ether oxygens (including phenoxy) is 6. The second-order valence-electron chi connectivity index (χ2n) is 24.9. The molecular formula is C73H125NO18. The lowest BCUT2D eigenvalue weighted by atomic mass is 9.96.